The van der Waals surface area contributed by atoms with Gasteiger partial charge in [-0.15, -0.1) is 11.8 Å². The number of nitrogens with one attached hydrogen (secondary N) is 1. The predicted molar refractivity (Wildman–Crippen MR) is 107 cm³/mol. The maximum Gasteiger partial charge on any atom is 0.323 e. The standard InChI is InChI=1S/C20H21N3O3S/c1-3-22-17-7-5-4-6-16(17)20(18(22)24)23(12-13-27-20)19(25)21-14-8-10-15(26-2)11-9-14/h4-11H,3,12-13H2,1-2H3,(H,21,25)/t20-/m1/s1. The quantitative estimate of drug-likeness (QED) is 0.881. The van der Waals surface area contributed by atoms with Gasteiger partial charge in [-0.25, -0.2) is 4.79 Å². The second-order valence-corrected chi connectivity index (χ2v) is 7.66. The minimum atomic E-state index is -0.983. The number of amides is 3. The maximum atomic E-state index is 13.3. The smallest absolute Gasteiger partial charge is 0.323 e. The van der Waals surface area contributed by atoms with Gasteiger partial charge in [0.15, 0.2) is 4.87 Å². The molecule has 27 heavy (non-hydrogen) atoms. The van der Waals surface area contributed by atoms with Crippen LogP contribution in [0.1, 0.15) is 12.5 Å². The Kier molecular flexibility index (Phi) is 4.47. The zero-order chi connectivity index (χ0) is 19.0. The van der Waals surface area contributed by atoms with E-state index in [1.54, 1.807) is 41.2 Å². The molecule has 0 aliphatic carbocycles. The van der Waals surface area contributed by atoms with Gasteiger partial charge in [0, 0.05) is 30.1 Å². The van der Waals surface area contributed by atoms with Crippen molar-refractivity contribution in [2.75, 3.05) is 36.2 Å². The molecule has 2 heterocycles. The van der Waals surface area contributed by atoms with Crippen LogP contribution in [0.4, 0.5) is 16.2 Å². The average Bonchev–Trinajstić information content (AvgIpc) is 3.24. The summed E-state index contributed by atoms with van der Waals surface area (Å²) < 4.78 is 5.15. The van der Waals surface area contributed by atoms with E-state index in [0.717, 1.165) is 17.0 Å². The van der Waals surface area contributed by atoms with E-state index in [-0.39, 0.29) is 11.9 Å². The van der Waals surface area contributed by atoms with E-state index >= 15 is 0 Å². The molecule has 0 aromatic heterocycles. The van der Waals surface area contributed by atoms with Crippen LogP contribution < -0.4 is 15.0 Å². The van der Waals surface area contributed by atoms with Gasteiger partial charge in [-0.2, -0.15) is 0 Å². The minimum Gasteiger partial charge on any atom is -0.497 e. The fourth-order valence-electron chi connectivity index (χ4n) is 3.75. The van der Waals surface area contributed by atoms with Gasteiger partial charge in [0.05, 0.1) is 12.8 Å². The number of hydrogen-bond donors (Lipinski definition) is 1. The Morgan fingerprint density at radius 3 is 2.67 bits per heavy atom. The van der Waals surface area contributed by atoms with Crippen LogP contribution in [0.25, 0.3) is 0 Å². The first-order chi connectivity index (χ1) is 13.1. The monoisotopic (exact) mass is 383 g/mol. The molecule has 0 radical (unpaired) electrons. The van der Waals surface area contributed by atoms with Crippen LogP contribution in [0.3, 0.4) is 0 Å². The fraction of sp³-hybridized carbons (Fsp3) is 0.300. The van der Waals surface area contributed by atoms with Gasteiger partial charge < -0.3 is 15.0 Å². The summed E-state index contributed by atoms with van der Waals surface area (Å²) in [5.41, 5.74) is 2.45. The number of ether oxygens (including phenoxy) is 1. The van der Waals surface area contributed by atoms with Crippen LogP contribution >= 0.6 is 11.8 Å². The number of fused-ring (bicyclic) bond motifs is 2. The number of likely N-dealkylation sites (N-methyl/N-ethyl adjacent to an activating group) is 1. The summed E-state index contributed by atoms with van der Waals surface area (Å²) in [6.07, 6.45) is 0. The number of methoxy groups -OCH3 is 1. The summed E-state index contributed by atoms with van der Waals surface area (Å²) in [6.45, 7) is 3.05. The Morgan fingerprint density at radius 1 is 1.22 bits per heavy atom. The van der Waals surface area contributed by atoms with Crippen molar-refractivity contribution in [1.82, 2.24) is 4.90 Å². The summed E-state index contributed by atoms with van der Waals surface area (Å²) in [6, 6.07) is 14.6. The van der Waals surface area contributed by atoms with E-state index in [9.17, 15) is 9.59 Å². The number of thioether (sulfide) groups is 1. The lowest BCUT2D eigenvalue weighted by Crippen LogP contribution is -2.51. The summed E-state index contributed by atoms with van der Waals surface area (Å²) in [5.74, 6) is 1.39. The van der Waals surface area contributed by atoms with E-state index in [1.165, 1.54) is 11.8 Å². The molecule has 4 rings (SSSR count). The van der Waals surface area contributed by atoms with Crippen LogP contribution in [-0.4, -0.2) is 42.8 Å². The topological polar surface area (TPSA) is 61.9 Å². The molecule has 140 valence electrons. The van der Waals surface area contributed by atoms with E-state index in [4.69, 9.17) is 4.74 Å². The molecule has 0 saturated carbocycles. The molecule has 1 atom stereocenters. The first kappa shape index (κ1) is 17.7. The summed E-state index contributed by atoms with van der Waals surface area (Å²) in [7, 11) is 1.60. The van der Waals surface area contributed by atoms with E-state index < -0.39 is 4.87 Å². The normalized spacial score (nSPS) is 20.9. The number of anilines is 2. The number of hydrogen-bond acceptors (Lipinski definition) is 4. The van der Waals surface area contributed by atoms with E-state index in [2.05, 4.69) is 5.32 Å². The molecule has 1 saturated heterocycles. The van der Waals surface area contributed by atoms with Gasteiger partial charge >= 0.3 is 6.03 Å². The van der Waals surface area contributed by atoms with Crippen LogP contribution in [0.2, 0.25) is 0 Å². The lowest BCUT2D eigenvalue weighted by atomic mass is 10.1. The van der Waals surface area contributed by atoms with E-state index in [1.807, 2.05) is 31.2 Å². The van der Waals surface area contributed by atoms with Gasteiger partial charge in [-0.05, 0) is 37.3 Å². The number of benzene rings is 2. The molecule has 3 amide bonds. The highest BCUT2D eigenvalue weighted by Crippen LogP contribution is 2.53. The van der Waals surface area contributed by atoms with Crippen molar-refractivity contribution in [3.63, 3.8) is 0 Å². The highest BCUT2D eigenvalue weighted by atomic mass is 32.2. The second-order valence-electron chi connectivity index (χ2n) is 6.37. The third kappa shape index (κ3) is 2.65. The Morgan fingerprint density at radius 2 is 1.96 bits per heavy atom. The summed E-state index contributed by atoms with van der Waals surface area (Å²) in [5, 5.41) is 2.92. The van der Waals surface area contributed by atoms with Gasteiger partial charge in [0.25, 0.3) is 5.91 Å². The number of rotatable bonds is 3. The second kappa shape index (κ2) is 6.81. The van der Waals surface area contributed by atoms with Crippen molar-refractivity contribution >= 4 is 35.1 Å². The first-order valence-electron chi connectivity index (χ1n) is 8.90. The predicted octanol–water partition coefficient (Wildman–Crippen LogP) is 3.50. The number of para-hydroxylation sites is 1. The number of nitrogens with zero attached hydrogens (tertiary/aromatic N) is 2. The third-order valence-corrected chi connectivity index (χ3v) is 6.42. The molecular weight excluding hydrogens is 362 g/mol. The van der Waals surface area contributed by atoms with Crippen molar-refractivity contribution in [2.45, 2.75) is 11.8 Å². The summed E-state index contributed by atoms with van der Waals surface area (Å²) >= 11 is 1.53. The highest BCUT2D eigenvalue weighted by molar-refractivity contribution is 8.01. The fourth-order valence-corrected chi connectivity index (χ4v) is 5.21. The molecule has 1 N–H and O–H groups in total. The molecule has 2 aromatic rings. The van der Waals surface area contributed by atoms with Gasteiger partial charge in [-0.1, -0.05) is 18.2 Å². The van der Waals surface area contributed by atoms with Crippen molar-refractivity contribution in [3.05, 3.63) is 54.1 Å². The first-order valence-corrected chi connectivity index (χ1v) is 9.88. The molecule has 2 aliphatic heterocycles. The van der Waals surface area contributed by atoms with Crippen LogP contribution in [0.15, 0.2) is 48.5 Å². The van der Waals surface area contributed by atoms with Crippen LogP contribution in [0.5, 0.6) is 5.75 Å². The molecule has 0 bridgehead atoms. The van der Waals surface area contributed by atoms with Crippen molar-refractivity contribution in [3.8, 4) is 5.75 Å². The average molecular weight is 383 g/mol. The van der Waals surface area contributed by atoms with Crippen molar-refractivity contribution in [2.24, 2.45) is 0 Å². The molecule has 1 spiro atoms. The molecule has 1 fully saturated rings. The SMILES string of the molecule is CCN1C(=O)[C@]2(SCCN2C(=O)Nc2ccc(OC)cc2)c2ccccc21. The van der Waals surface area contributed by atoms with Crippen LogP contribution in [-0.2, 0) is 9.67 Å². The number of carbonyl (C=O) groups excluding carboxylic acids is 2. The molecular formula is C20H21N3O3S. The zero-order valence-electron chi connectivity index (χ0n) is 15.3. The lowest BCUT2D eigenvalue weighted by Gasteiger charge is -2.33. The molecule has 7 heteroatoms. The Labute approximate surface area is 162 Å². The van der Waals surface area contributed by atoms with Gasteiger partial charge in [0.2, 0.25) is 0 Å². The zero-order valence-corrected chi connectivity index (χ0v) is 16.1. The third-order valence-electron chi connectivity index (χ3n) is 5.00. The molecule has 6 nitrogen and oxygen atoms in total. The van der Waals surface area contributed by atoms with Gasteiger partial charge in [-0.3, -0.25) is 9.69 Å². The molecule has 0 unspecified atom stereocenters. The molecule has 2 aliphatic rings. The van der Waals surface area contributed by atoms with Crippen molar-refractivity contribution < 1.29 is 14.3 Å². The minimum absolute atomic E-state index is 0.0430. The Balaban J connectivity index is 1.67. The number of urea groups is 1. The highest BCUT2D eigenvalue weighted by Gasteiger charge is 2.59. The number of carbonyl (C=O) groups is 2. The van der Waals surface area contributed by atoms with E-state index in [0.29, 0.717) is 24.5 Å². The summed E-state index contributed by atoms with van der Waals surface area (Å²) in [4.78, 5) is 28.9. The van der Waals surface area contributed by atoms with Gasteiger partial charge in [0.1, 0.15) is 5.75 Å². The maximum absolute atomic E-state index is 13.3. The lowest BCUT2D eigenvalue weighted by molar-refractivity contribution is -0.123. The van der Waals surface area contributed by atoms with Crippen molar-refractivity contribution in [1.29, 1.82) is 0 Å². The Hall–Kier alpha value is -2.67. The van der Waals surface area contributed by atoms with Crippen LogP contribution in [0, 0.1) is 0 Å². The molecule has 2 aromatic carbocycles. The largest absolute Gasteiger partial charge is 0.497 e. The Bertz CT molecular complexity index is 886.